The summed E-state index contributed by atoms with van der Waals surface area (Å²) in [5.41, 5.74) is 4.62. The summed E-state index contributed by atoms with van der Waals surface area (Å²) in [5, 5.41) is 4.31. The third-order valence-corrected chi connectivity index (χ3v) is 5.27. The van der Waals surface area contributed by atoms with Gasteiger partial charge in [-0.1, -0.05) is 65.3 Å². The number of rotatable bonds is 6. The smallest absolute Gasteiger partial charge is 0.365 e. The summed E-state index contributed by atoms with van der Waals surface area (Å²) in [7, 11) is 1.66. The Labute approximate surface area is 170 Å². The summed E-state index contributed by atoms with van der Waals surface area (Å²) in [6, 6.07) is 25.3. The highest BCUT2D eigenvalue weighted by atomic mass is 16.7. The normalized spacial score (nSPS) is 18.2. The first-order valence-corrected chi connectivity index (χ1v) is 9.71. The van der Waals surface area contributed by atoms with Gasteiger partial charge in [0.25, 0.3) is 0 Å². The minimum Gasteiger partial charge on any atom is -0.497 e. The average Bonchev–Trinajstić information content (AvgIpc) is 3.55. The lowest BCUT2D eigenvalue weighted by atomic mass is 10.0. The van der Waals surface area contributed by atoms with Crippen LogP contribution in [0.4, 0.5) is 0 Å². The van der Waals surface area contributed by atoms with Gasteiger partial charge in [0.2, 0.25) is 0 Å². The fraction of sp³-hybridized carbons (Fsp3) is 0.200. The van der Waals surface area contributed by atoms with Gasteiger partial charge in [-0.3, -0.25) is 0 Å². The molecule has 1 fully saturated rings. The molecular formula is C25H23NO3. The van der Waals surface area contributed by atoms with Crippen LogP contribution in [0.15, 0.2) is 84.0 Å². The van der Waals surface area contributed by atoms with Crippen molar-refractivity contribution in [3.05, 3.63) is 101 Å². The molecule has 146 valence electrons. The number of carbonyl (C=O) groups is 1. The van der Waals surface area contributed by atoms with Crippen molar-refractivity contribution in [2.24, 2.45) is 11.1 Å². The lowest BCUT2D eigenvalue weighted by molar-refractivity contribution is 0.0515. The summed E-state index contributed by atoms with van der Waals surface area (Å²) in [5.74, 6) is 0.976. The van der Waals surface area contributed by atoms with Crippen molar-refractivity contribution in [2.75, 3.05) is 7.11 Å². The SMILES string of the molecule is COc1ccc(C2CC2/C(=N/OC(=O)c2ccc(C)cc2)c2ccccc2)cc1. The Morgan fingerprint density at radius 1 is 0.897 bits per heavy atom. The van der Waals surface area contributed by atoms with E-state index in [-0.39, 0.29) is 5.92 Å². The van der Waals surface area contributed by atoms with Crippen LogP contribution in [0.25, 0.3) is 0 Å². The largest absolute Gasteiger partial charge is 0.497 e. The van der Waals surface area contributed by atoms with Gasteiger partial charge in [0.05, 0.1) is 18.4 Å². The summed E-state index contributed by atoms with van der Waals surface area (Å²) in [6.45, 7) is 1.98. The van der Waals surface area contributed by atoms with E-state index in [9.17, 15) is 4.79 Å². The maximum Gasteiger partial charge on any atom is 0.365 e. The van der Waals surface area contributed by atoms with E-state index in [1.54, 1.807) is 19.2 Å². The second-order valence-corrected chi connectivity index (χ2v) is 7.31. The lowest BCUT2D eigenvalue weighted by Gasteiger charge is -2.07. The Bertz CT molecular complexity index is 1010. The zero-order valence-corrected chi connectivity index (χ0v) is 16.5. The van der Waals surface area contributed by atoms with Crippen LogP contribution in [0.5, 0.6) is 5.75 Å². The Morgan fingerprint density at radius 2 is 1.59 bits per heavy atom. The molecule has 0 aromatic heterocycles. The van der Waals surface area contributed by atoms with Gasteiger partial charge in [0.15, 0.2) is 0 Å². The molecule has 0 saturated heterocycles. The van der Waals surface area contributed by atoms with Gasteiger partial charge in [0, 0.05) is 5.92 Å². The van der Waals surface area contributed by atoms with Gasteiger partial charge in [-0.25, -0.2) is 4.79 Å². The molecule has 0 amide bonds. The molecule has 1 aliphatic carbocycles. The van der Waals surface area contributed by atoms with Crippen molar-refractivity contribution in [1.82, 2.24) is 0 Å². The number of aryl methyl sites for hydroxylation is 1. The van der Waals surface area contributed by atoms with E-state index in [2.05, 4.69) is 17.3 Å². The molecule has 29 heavy (non-hydrogen) atoms. The van der Waals surface area contributed by atoms with Crippen molar-refractivity contribution in [2.45, 2.75) is 19.3 Å². The van der Waals surface area contributed by atoms with Gasteiger partial charge >= 0.3 is 5.97 Å². The van der Waals surface area contributed by atoms with Crippen LogP contribution in [0.3, 0.4) is 0 Å². The molecule has 0 N–H and O–H groups in total. The molecule has 0 radical (unpaired) electrons. The van der Waals surface area contributed by atoms with Gasteiger partial charge in [-0.05, 0) is 54.7 Å². The Hall–Kier alpha value is -3.40. The van der Waals surface area contributed by atoms with Gasteiger partial charge in [-0.15, -0.1) is 0 Å². The lowest BCUT2D eigenvalue weighted by Crippen LogP contribution is -2.09. The standard InChI is InChI=1S/C25H23NO3/c1-17-8-10-20(11-9-17)25(27)29-26-24(19-6-4-3-5-7-19)23-16-22(23)18-12-14-21(28-2)15-13-18/h3-15,22-23H,16H2,1-2H3/b26-24+. The highest BCUT2D eigenvalue weighted by molar-refractivity contribution is 6.04. The second kappa shape index (κ2) is 8.31. The predicted molar refractivity (Wildman–Crippen MR) is 113 cm³/mol. The number of nitrogens with zero attached hydrogens (tertiary/aromatic N) is 1. The number of oxime groups is 1. The first-order valence-electron chi connectivity index (χ1n) is 9.71. The number of ether oxygens (including phenoxy) is 1. The predicted octanol–water partition coefficient (Wildman–Crippen LogP) is 5.37. The van der Waals surface area contributed by atoms with Crippen LogP contribution < -0.4 is 4.74 Å². The second-order valence-electron chi connectivity index (χ2n) is 7.31. The highest BCUT2D eigenvalue weighted by Crippen LogP contribution is 2.49. The molecule has 2 atom stereocenters. The summed E-state index contributed by atoms with van der Waals surface area (Å²) < 4.78 is 5.25. The third kappa shape index (κ3) is 4.37. The molecule has 1 saturated carbocycles. The molecule has 0 heterocycles. The van der Waals surface area contributed by atoms with Crippen LogP contribution >= 0.6 is 0 Å². The Balaban J connectivity index is 1.55. The molecule has 0 bridgehead atoms. The quantitative estimate of drug-likeness (QED) is 0.326. The van der Waals surface area contributed by atoms with Crippen LogP contribution in [0.2, 0.25) is 0 Å². The zero-order valence-electron chi connectivity index (χ0n) is 16.5. The fourth-order valence-electron chi connectivity index (χ4n) is 3.49. The summed E-state index contributed by atoms with van der Waals surface area (Å²) in [4.78, 5) is 17.7. The fourth-order valence-corrected chi connectivity index (χ4v) is 3.49. The summed E-state index contributed by atoms with van der Waals surface area (Å²) >= 11 is 0. The number of benzene rings is 3. The molecule has 3 aromatic rings. The Kier molecular flexibility index (Phi) is 5.43. The first kappa shape index (κ1) is 18.9. The number of carbonyl (C=O) groups excluding carboxylic acids is 1. The molecule has 4 nitrogen and oxygen atoms in total. The van der Waals surface area contributed by atoms with Crippen molar-refractivity contribution in [3.63, 3.8) is 0 Å². The number of hydrogen-bond acceptors (Lipinski definition) is 4. The van der Waals surface area contributed by atoms with Crippen LogP contribution in [-0.4, -0.2) is 18.8 Å². The van der Waals surface area contributed by atoms with Gasteiger partial charge in [0.1, 0.15) is 5.75 Å². The molecular weight excluding hydrogens is 362 g/mol. The van der Waals surface area contributed by atoms with E-state index in [0.717, 1.165) is 29.0 Å². The zero-order chi connectivity index (χ0) is 20.2. The van der Waals surface area contributed by atoms with Crippen molar-refractivity contribution in [3.8, 4) is 5.75 Å². The van der Waals surface area contributed by atoms with E-state index < -0.39 is 5.97 Å². The van der Waals surface area contributed by atoms with Crippen LogP contribution in [0.1, 0.15) is 39.4 Å². The van der Waals surface area contributed by atoms with Gasteiger partial charge in [-0.2, -0.15) is 0 Å². The van der Waals surface area contributed by atoms with Crippen molar-refractivity contribution >= 4 is 11.7 Å². The molecule has 4 heteroatoms. The minimum absolute atomic E-state index is 0.219. The topological polar surface area (TPSA) is 47.9 Å². The first-order chi connectivity index (χ1) is 14.2. The molecule has 0 aliphatic heterocycles. The summed E-state index contributed by atoms with van der Waals surface area (Å²) in [6.07, 6.45) is 0.974. The van der Waals surface area contributed by atoms with Gasteiger partial charge < -0.3 is 9.57 Å². The molecule has 4 rings (SSSR count). The van der Waals surface area contributed by atoms with E-state index in [1.165, 1.54) is 5.56 Å². The van der Waals surface area contributed by atoms with Crippen LogP contribution in [0, 0.1) is 12.8 Å². The minimum atomic E-state index is -0.444. The molecule has 3 aromatic carbocycles. The Morgan fingerprint density at radius 3 is 2.24 bits per heavy atom. The molecule has 2 unspecified atom stereocenters. The molecule has 0 spiro atoms. The average molecular weight is 385 g/mol. The third-order valence-electron chi connectivity index (χ3n) is 5.27. The van der Waals surface area contributed by atoms with E-state index >= 15 is 0 Å². The maximum absolute atomic E-state index is 12.4. The van der Waals surface area contributed by atoms with Crippen molar-refractivity contribution < 1.29 is 14.4 Å². The monoisotopic (exact) mass is 385 g/mol. The maximum atomic E-state index is 12.4. The van der Waals surface area contributed by atoms with E-state index in [0.29, 0.717) is 11.5 Å². The van der Waals surface area contributed by atoms with Crippen LogP contribution in [-0.2, 0) is 4.84 Å². The highest BCUT2D eigenvalue weighted by Gasteiger charge is 2.43. The number of hydrogen-bond donors (Lipinski definition) is 0. The molecule has 1 aliphatic rings. The van der Waals surface area contributed by atoms with E-state index in [4.69, 9.17) is 9.57 Å². The van der Waals surface area contributed by atoms with Crippen molar-refractivity contribution in [1.29, 1.82) is 0 Å². The van der Waals surface area contributed by atoms with E-state index in [1.807, 2.05) is 61.5 Å². The number of methoxy groups -OCH3 is 1.